The molecule has 1 fully saturated rings. The van der Waals surface area contributed by atoms with Crippen molar-refractivity contribution in [1.29, 1.82) is 0 Å². The molecule has 2 unspecified atom stereocenters. The minimum absolute atomic E-state index is 0.263. The summed E-state index contributed by atoms with van der Waals surface area (Å²) in [6.07, 6.45) is 2.11. The molecule has 126 valence electrons. The van der Waals surface area contributed by atoms with Crippen molar-refractivity contribution in [1.82, 2.24) is 14.7 Å². The molecule has 0 radical (unpaired) electrons. The lowest BCUT2D eigenvalue weighted by molar-refractivity contribution is -0.142. The number of carbonyl (C=O) groups excluding carboxylic acids is 1. The van der Waals surface area contributed by atoms with Crippen molar-refractivity contribution in [3.8, 4) is 5.69 Å². The fourth-order valence-corrected chi connectivity index (χ4v) is 3.21. The number of carboxylic acids is 1. The Hall–Kier alpha value is -2.05. The molecule has 1 aromatic heterocycles. The highest BCUT2D eigenvalue weighted by Gasteiger charge is 2.38. The van der Waals surface area contributed by atoms with Gasteiger partial charge in [0, 0.05) is 18.8 Å². The Labute approximate surface area is 148 Å². The fraction of sp³-hybridized carbons (Fsp3) is 0.312. The second-order valence-electron chi connectivity index (χ2n) is 5.72. The number of hydrogen-bond donors (Lipinski definition) is 1. The zero-order valence-electron chi connectivity index (χ0n) is 12.8. The van der Waals surface area contributed by atoms with Crippen LogP contribution in [0, 0.1) is 5.92 Å². The third-order valence-corrected chi connectivity index (χ3v) is 5.05. The summed E-state index contributed by atoms with van der Waals surface area (Å²) in [7, 11) is 0. The van der Waals surface area contributed by atoms with Crippen molar-refractivity contribution in [2.75, 3.05) is 6.54 Å². The van der Waals surface area contributed by atoms with E-state index in [1.54, 1.807) is 42.3 Å². The summed E-state index contributed by atoms with van der Waals surface area (Å²) >= 11 is 11.9. The van der Waals surface area contributed by atoms with E-state index < -0.39 is 11.9 Å². The number of amides is 1. The van der Waals surface area contributed by atoms with Gasteiger partial charge in [0.2, 0.25) is 0 Å². The van der Waals surface area contributed by atoms with Crippen molar-refractivity contribution < 1.29 is 14.7 Å². The molecule has 0 aliphatic carbocycles. The molecule has 0 bridgehead atoms. The van der Waals surface area contributed by atoms with Crippen molar-refractivity contribution in [2.24, 2.45) is 5.92 Å². The molecular formula is C16H15Cl2N3O3. The number of carbonyl (C=O) groups is 2. The van der Waals surface area contributed by atoms with E-state index in [0.717, 1.165) is 0 Å². The van der Waals surface area contributed by atoms with Crippen LogP contribution < -0.4 is 0 Å². The van der Waals surface area contributed by atoms with Gasteiger partial charge in [0.05, 0.1) is 21.7 Å². The molecule has 6 nitrogen and oxygen atoms in total. The van der Waals surface area contributed by atoms with Gasteiger partial charge in [-0.15, -0.1) is 0 Å². The molecular weight excluding hydrogens is 353 g/mol. The quantitative estimate of drug-likeness (QED) is 0.903. The first-order chi connectivity index (χ1) is 11.4. The summed E-state index contributed by atoms with van der Waals surface area (Å²) in [5.74, 6) is -1.68. The summed E-state index contributed by atoms with van der Waals surface area (Å²) in [6.45, 7) is 2.16. The molecule has 1 N–H and O–H groups in total. The third-order valence-electron chi connectivity index (χ3n) is 4.31. The fourth-order valence-electron chi connectivity index (χ4n) is 2.91. The largest absolute Gasteiger partial charge is 0.481 e. The molecule has 1 aliphatic heterocycles. The number of nitrogens with zero attached hydrogens (tertiary/aromatic N) is 3. The second kappa shape index (κ2) is 6.45. The molecule has 1 saturated heterocycles. The Morgan fingerprint density at radius 1 is 1.25 bits per heavy atom. The van der Waals surface area contributed by atoms with Gasteiger partial charge in [-0.25, -0.2) is 4.68 Å². The average molecular weight is 368 g/mol. The summed E-state index contributed by atoms with van der Waals surface area (Å²) < 4.78 is 1.53. The summed E-state index contributed by atoms with van der Waals surface area (Å²) in [4.78, 5) is 25.3. The number of benzene rings is 1. The summed E-state index contributed by atoms with van der Waals surface area (Å²) in [6, 6.07) is 6.30. The highest BCUT2D eigenvalue weighted by atomic mass is 35.5. The van der Waals surface area contributed by atoms with Crippen molar-refractivity contribution in [2.45, 2.75) is 19.4 Å². The van der Waals surface area contributed by atoms with Gasteiger partial charge in [-0.2, -0.15) is 5.10 Å². The van der Waals surface area contributed by atoms with Crippen LogP contribution in [0.4, 0.5) is 0 Å². The normalized spacial score (nSPS) is 20.4. The van der Waals surface area contributed by atoms with Gasteiger partial charge in [-0.05, 0) is 37.6 Å². The van der Waals surface area contributed by atoms with Gasteiger partial charge in [-0.1, -0.05) is 23.2 Å². The van der Waals surface area contributed by atoms with Crippen LogP contribution in [0.5, 0.6) is 0 Å². The van der Waals surface area contributed by atoms with Crippen LogP contribution in [0.3, 0.4) is 0 Å². The maximum atomic E-state index is 12.6. The van der Waals surface area contributed by atoms with E-state index in [9.17, 15) is 14.7 Å². The maximum absolute atomic E-state index is 12.6. The minimum atomic E-state index is -0.876. The summed E-state index contributed by atoms with van der Waals surface area (Å²) in [5.41, 5.74) is 0.945. The van der Waals surface area contributed by atoms with Crippen LogP contribution in [0.25, 0.3) is 5.69 Å². The van der Waals surface area contributed by atoms with E-state index in [2.05, 4.69) is 5.10 Å². The first-order valence-electron chi connectivity index (χ1n) is 7.43. The number of rotatable bonds is 3. The van der Waals surface area contributed by atoms with E-state index in [-0.39, 0.29) is 17.6 Å². The molecule has 3 rings (SSSR count). The Bertz CT molecular complexity index is 806. The first-order valence-corrected chi connectivity index (χ1v) is 8.19. The van der Waals surface area contributed by atoms with Crippen LogP contribution in [-0.4, -0.2) is 44.3 Å². The second-order valence-corrected chi connectivity index (χ2v) is 6.53. The topological polar surface area (TPSA) is 75.4 Å². The predicted molar refractivity (Wildman–Crippen MR) is 89.8 cm³/mol. The number of carboxylic acid groups (broad SMARTS) is 1. The molecule has 0 saturated carbocycles. The van der Waals surface area contributed by atoms with Crippen LogP contribution in [0.1, 0.15) is 23.8 Å². The van der Waals surface area contributed by atoms with Crippen molar-refractivity contribution >= 4 is 35.1 Å². The molecule has 1 aromatic carbocycles. The van der Waals surface area contributed by atoms with Crippen LogP contribution in [-0.2, 0) is 4.79 Å². The van der Waals surface area contributed by atoms with Crippen molar-refractivity contribution in [3.05, 3.63) is 46.2 Å². The smallest absolute Gasteiger partial charge is 0.308 e. The maximum Gasteiger partial charge on any atom is 0.308 e. The van der Waals surface area contributed by atoms with Crippen molar-refractivity contribution in [3.63, 3.8) is 0 Å². The molecule has 1 aliphatic rings. The molecule has 2 aromatic rings. The molecule has 2 atom stereocenters. The van der Waals surface area contributed by atoms with Gasteiger partial charge >= 0.3 is 5.97 Å². The van der Waals surface area contributed by atoms with Crippen LogP contribution in [0.2, 0.25) is 10.0 Å². The number of aromatic nitrogens is 2. The van der Waals surface area contributed by atoms with Crippen LogP contribution in [0.15, 0.2) is 30.5 Å². The van der Waals surface area contributed by atoms with E-state index in [4.69, 9.17) is 23.2 Å². The lowest BCUT2D eigenvalue weighted by atomic mass is 10.0. The van der Waals surface area contributed by atoms with Gasteiger partial charge in [0.1, 0.15) is 0 Å². The summed E-state index contributed by atoms with van der Waals surface area (Å²) in [5, 5.41) is 14.3. The van der Waals surface area contributed by atoms with Gasteiger partial charge in [0.15, 0.2) is 5.69 Å². The standard InChI is InChI=1S/C16H15Cl2N3O3/c1-9-11(16(23)24)4-6-20(9)15(22)14-5-7-21(19-14)10-2-3-12(17)13(18)8-10/h2-3,5,7-9,11H,4,6H2,1H3,(H,23,24). The lowest BCUT2D eigenvalue weighted by Crippen LogP contribution is -2.37. The monoisotopic (exact) mass is 367 g/mol. The zero-order chi connectivity index (χ0) is 17.4. The van der Waals surface area contributed by atoms with E-state index in [0.29, 0.717) is 28.7 Å². The van der Waals surface area contributed by atoms with Crippen LogP contribution >= 0.6 is 23.2 Å². The highest BCUT2D eigenvalue weighted by Crippen LogP contribution is 2.27. The Kier molecular flexibility index (Phi) is 4.51. The zero-order valence-corrected chi connectivity index (χ0v) is 14.3. The number of hydrogen-bond acceptors (Lipinski definition) is 3. The Morgan fingerprint density at radius 2 is 2.00 bits per heavy atom. The highest BCUT2D eigenvalue weighted by molar-refractivity contribution is 6.42. The third kappa shape index (κ3) is 2.99. The van der Waals surface area contributed by atoms with E-state index in [1.165, 1.54) is 4.68 Å². The first kappa shape index (κ1) is 16.8. The Balaban J connectivity index is 1.81. The molecule has 1 amide bonds. The van der Waals surface area contributed by atoms with Gasteiger partial charge < -0.3 is 10.0 Å². The molecule has 8 heteroatoms. The number of aliphatic carboxylic acids is 1. The molecule has 0 spiro atoms. The lowest BCUT2D eigenvalue weighted by Gasteiger charge is -2.22. The molecule has 2 heterocycles. The SMILES string of the molecule is CC1C(C(=O)O)CCN1C(=O)c1ccn(-c2ccc(Cl)c(Cl)c2)n1. The van der Waals surface area contributed by atoms with E-state index >= 15 is 0 Å². The minimum Gasteiger partial charge on any atom is -0.481 e. The average Bonchev–Trinajstić information content (AvgIpc) is 3.16. The number of halogens is 2. The number of likely N-dealkylation sites (tertiary alicyclic amines) is 1. The Morgan fingerprint density at radius 3 is 2.62 bits per heavy atom. The van der Waals surface area contributed by atoms with Gasteiger partial charge in [0.25, 0.3) is 5.91 Å². The predicted octanol–water partition coefficient (Wildman–Crippen LogP) is 3.11. The molecule has 24 heavy (non-hydrogen) atoms. The van der Waals surface area contributed by atoms with E-state index in [1.807, 2.05) is 0 Å². The van der Waals surface area contributed by atoms with Gasteiger partial charge in [-0.3, -0.25) is 9.59 Å².